The van der Waals surface area contributed by atoms with Gasteiger partial charge in [0.15, 0.2) is 0 Å². The predicted molar refractivity (Wildman–Crippen MR) is 81.7 cm³/mol. The minimum absolute atomic E-state index is 0.0157. The number of rotatable bonds is 5. The average Bonchev–Trinajstić information content (AvgIpc) is 2.86. The Bertz CT molecular complexity index is 598. The zero-order valence-electron chi connectivity index (χ0n) is 12.8. The van der Waals surface area contributed by atoms with Crippen LogP contribution in [0, 0.1) is 0 Å². The molecule has 0 spiro atoms. The van der Waals surface area contributed by atoms with Gasteiger partial charge >= 0.3 is 5.97 Å². The van der Waals surface area contributed by atoms with Crippen LogP contribution in [0.1, 0.15) is 30.7 Å². The third kappa shape index (κ3) is 3.27. The first-order valence-corrected chi connectivity index (χ1v) is 7.24. The smallest absolute Gasteiger partial charge is 0.312 e. The fourth-order valence-electron chi connectivity index (χ4n) is 2.60. The van der Waals surface area contributed by atoms with Crippen LogP contribution in [-0.2, 0) is 14.4 Å². The number of carbonyl (C=O) groups excluding carboxylic acids is 2. The van der Waals surface area contributed by atoms with Gasteiger partial charge < -0.3 is 14.9 Å². The highest BCUT2D eigenvalue weighted by Crippen LogP contribution is 2.36. The van der Waals surface area contributed by atoms with Crippen LogP contribution in [0.3, 0.4) is 0 Å². The van der Waals surface area contributed by atoms with Crippen LogP contribution in [0.15, 0.2) is 24.3 Å². The molecule has 0 aromatic heterocycles. The normalized spacial score (nSPS) is 16.3. The van der Waals surface area contributed by atoms with Crippen molar-refractivity contribution in [2.45, 2.75) is 25.2 Å². The van der Waals surface area contributed by atoms with Crippen molar-refractivity contribution in [2.24, 2.45) is 0 Å². The summed E-state index contributed by atoms with van der Waals surface area (Å²) in [5.41, 5.74) is 1.34. The molecule has 0 saturated carbocycles. The van der Waals surface area contributed by atoms with E-state index < -0.39 is 11.9 Å². The first-order valence-electron chi connectivity index (χ1n) is 7.24. The fourth-order valence-corrected chi connectivity index (χ4v) is 2.60. The molecular formula is C16H20N2O4. The van der Waals surface area contributed by atoms with Gasteiger partial charge in [-0.05, 0) is 18.1 Å². The van der Waals surface area contributed by atoms with Crippen molar-refractivity contribution in [3.8, 4) is 0 Å². The Morgan fingerprint density at radius 3 is 2.55 bits per heavy atom. The highest BCUT2D eigenvalue weighted by atomic mass is 16.4. The molecule has 2 rings (SSSR count). The molecule has 0 saturated heterocycles. The van der Waals surface area contributed by atoms with E-state index in [1.54, 1.807) is 38.4 Å². The second-order valence-electron chi connectivity index (χ2n) is 5.60. The molecular weight excluding hydrogens is 284 g/mol. The van der Waals surface area contributed by atoms with E-state index in [0.717, 1.165) is 0 Å². The fraction of sp³-hybridized carbons (Fsp3) is 0.438. The number of amides is 2. The van der Waals surface area contributed by atoms with Crippen LogP contribution in [0.4, 0.5) is 5.69 Å². The van der Waals surface area contributed by atoms with Crippen LogP contribution in [0.25, 0.3) is 0 Å². The molecule has 0 bridgehead atoms. The molecule has 1 N–H and O–H groups in total. The molecule has 1 aliphatic rings. The molecule has 1 unspecified atom stereocenters. The first kappa shape index (κ1) is 16.0. The summed E-state index contributed by atoms with van der Waals surface area (Å²) in [7, 11) is 3.36. The zero-order chi connectivity index (χ0) is 16.3. The van der Waals surface area contributed by atoms with Gasteiger partial charge in [0.1, 0.15) is 5.92 Å². The molecule has 6 nitrogen and oxygen atoms in total. The third-order valence-electron chi connectivity index (χ3n) is 3.85. The van der Waals surface area contributed by atoms with Gasteiger partial charge in [0.05, 0.1) is 0 Å². The SMILES string of the molecule is CN(C)C(=O)CCCC(=O)N1CC(C(=O)O)c2ccccc21. The maximum absolute atomic E-state index is 12.3. The van der Waals surface area contributed by atoms with Gasteiger partial charge in [-0.15, -0.1) is 0 Å². The summed E-state index contributed by atoms with van der Waals surface area (Å²) in [6.45, 7) is 0.162. The van der Waals surface area contributed by atoms with Crippen LogP contribution >= 0.6 is 0 Å². The average molecular weight is 304 g/mol. The molecule has 0 aliphatic carbocycles. The Morgan fingerprint density at radius 2 is 1.91 bits per heavy atom. The van der Waals surface area contributed by atoms with Crippen molar-refractivity contribution >= 4 is 23.5 Å². The van der Waals surface area contributed by atoms with E-state index in [1.807, 2.05) is 0 Å². The summed E-state index contributed by atoms with van der Waals surface area (Å²) >= 11 is 0. The number of carboxylic acids is 1. The molecule has 1 atom stereocenters. The zero-order valence-corrected chi connectivity index (χ0v) is 12.8. The third-order valence-corrected chi connectivity index (χ3v) is 3.85. The van der Waals surface area contributed by atoms with Crippen LogP contribution in [-0.4, -0.2) is 48.4 Å². The van der Waals surface area contributed by atoms with Crippen molar-refractivity contribution in [1.82, 2.24) is 4.90 Å². The highest BCUT2D eigenvalue weighted by Gasteiger charge is 2.35. The number of anilines is 1. The molecule has 1 aromatic rings. The van der Waals surface area contributed by atoms with Crippen molar-refractivity contribution < 1.29 is 19.5 Å². The van der Waals surface area contributed by atoms with Crippen molar-refractivity contribution in [2.75, 3.05) is 25.5 Å². The van der Waals surface area contributed by atoms with Gasteiger partial charge in [-0.3, -0.25) is 14.4 Å². The van der Waals surface area contributed by atoms with E-state index in [2.05, 4.69) is 0 Å². The van der Waals surface area contributed by atoms with Gasteiger partial charge in [0, 0.05) is 39.2 Å². The minimum Gasteiger partial charge on any atom is -0.481 e. The van der Waals surface area contributed by atoms with E-state index in [-0.39, 0.29) is 24.8 Å². The molecule has 6 heteroatoms. The Hall–Kier alpha value is -2.37. The Morgan fingerprint density at radius 1 is 1.23 bits per heavy atom. The maximum atomic E-state index is 12.3. The van der Waals surface area contributed by atoms with Crippen LogP contribution in [0.5, 0.6) is 0 Å². The summed E-state index contributed by atoms with van der Waals surface area (Å²) < 4.78 is 0. The lowest BCUT2D eigenvalue weighted by Crippen LogP contribution is -2.31. The Kier molecular flexibility index (Phi) is 4.80. The van der Waals surface area contributed by atoms with E-state index >= 15 is 0 Å². The second kappa shape index (κ2) is 6.60. The molecule has 1 aromatic carbocycles. The molecule has 22 heavy (non-hydrogen) atoms. The lowest BCUT2D eigenvalue weighted by molar-refractivity contribution is -0.138. The standard InChI is InChI=1S/C16H20N2O4/c1-17(2)14(19)8-5-9-15(20)18-10-12(16(21)22)11-6-3-4-7-13(11)18/h3-4,6-7,12H,5,8-10H2,1-2H3,(H,21,22). The van der Waals surface area contributed by atoms with Crippen molar-refractivity contribution in [3.05, 3.63) is 29.8 Å². The van der Waals surface area contributed by atoms with Crippen LogP contribution < -0.4 is 4.90 Å². The number of hydrogen-bond acceptors (Lipinski definition) is 3. The number of para-hydroxylation sites is 1. The molecule has 0 fully saturated rings. The quantitative estimate of drug-likeness (QED) is 0.893. The van der Waals surface area contributed by atoms with Gasteiger partial charge in [0.25, 0.3) is 0 Å². The molecule has 1 heterocycles. The van der Waals surface area contributed by atoms with Gasteiger partial charge in [-0.25, -0.2) is 0 Å². The number of nitrogens with zero attached hydrogens (tertiary/aromatic N) is 2. The van der Waals surface area contributed by atoms with Gasteiger partial charge in [-0.1, -0.05) is 18.2 Å². The highest BCUT2D eigenvalue weighted by molar-refractivity contribution is 5.99. The summed E-state index contributed by atoms with van der Waals surface area (Å²) in [6, 6.07) is 7.08. The monoisotopic (exact) mass is 304 g/mol. The van der Waals surface area contributed by atoms with Crippen molar-refractivity contribution in [3.63, 3.8) is 0 Å². The number of hydrogen-bond donors (Lipinski definition) is 1. The lowest BCUT2D eigenvalue weighted by atomic mass is 10.0. The topological polar surface area (TPSA) is 77.9 Å². The molecule has 118 valence electrons. The summed E-state index contributed by atoms with van der Waals surface area (Å²) in [5.74, 6) is -1.75. The van der Waals surface area contributed by atoms with E-state index in [0.29, 0.717) is 24.1 Å². The number of carbonyl (C=O) groups is 3. The largest absolute Gasteiger partial charge is 0.481 e. The molecule has 2 amide bonds. The number of carboxylic acid groups (broad SMARTS) is 1. The summed E-state index contributed by atoms with van der Waals surface area (Å²) in [6.07, 6.45) is 1.02. The first-order chi connectivity index (χ1) is 10.4. The van der Waals surface area contributed by atoms with Crippen LogP contribution in [0.2, 0.25) is 0 Å². The van der Waals surface area contributed by atoms with Crippen molar-refractivity contribution in [1.29, 1.82) is 0 Å². The Labute approximate surface area is 129 Å². The van der Waals surface area contributed by atoms with E-state index in [4.69, 9.17) is 0 Å². The second-order valence-corrected chi connectivity index (χ2v) is 5.60. The number of fused-ring (bicyclic) bond motifs is 1. The van der Waals surface area contributed by atoms with E-state index in [1.165, 1.54) is 9.80 Å². The molecule has 1 aliphatic heterocycles. The summed E-state index contributed by atoms with van der Waals surface area (Å²) in [4.78, 5) is 38.2. The predicted octanol–water partition coefficient (Wildman–Crippen LogP) is 1.46. The number of benzene rings is 1. The minimum atomic E-state index is -0.925. The Balaban J connectivity index is 2.02. The lowest BCUT2D eigenvalue weighted by Gasteiger charge is -2.17. The summed E-state index contributed by atoms with van der Waals surface area (Å²) in [5, 5.41) is 9.28. The van der Waals surface area contributed by atoms with Gasteiger partial charge in [0.2, 0.25) is 11.8 Å². The van der Waals surface area contributed by atoms with Gasteiger partial charge in [-0.2, -0.15) is 0 Å². The molecule has 0 radical (unpaired) electrons. The van der Waals surface area contributed by atoms with E-state index in [9.17, 15) is 19.5 Å². The maximum Gasteiger partial charge on any atom is 0.312 e. The number of aliphatic carboxylic acids is 1.